The van der Waals surface area contributed by atoms with Crippen LogP contribution in [0, 0.1) is 10.1 Å². The summed E-state index contributed by atoms with van der Waals surface area (Å²) in [5.74, 6) is 0.985. The molecular formula is C15H12N4O2. The molecule has 104 valence electrons. The minimum Gasteiger partial charge on any atom is -0.373 e. The molecule has 0 unspecified atom stereocenters. The number of nitro benzene ring substituents is 1. The van der Waals surface area contributed by atoms with Gasteiger partial charge in [0.1, 0.15) is 5.82 Å². The molecule has 3 aromatic rings. The molecule has 6 heteroatoms. The molecule has 1 N–H and O–H groups in total. The monoisotopic (exact) mass is 280 g/mol. The molecule has 0 aliphatic carbocycles. The summed E-state index contributed by atoms with van der Waals surface area (Å²) in [6, 6.07) is 14.0. The fourth-order valence-electron chi connectivity index (χ4n) is 2.21. The van der Waals surface area contributed by atoms with E-state index >= 15 is 0 Å². The summed E-state index contributed by atoms with van der Waals surface area (Å²) in [6.07, 6.45) is 0. The van der Waals surface area contributed by atoms with E-state index in [1.807, 2.05) is 24.3 Å². The lowest BCUT2D eigenvalue weighted by atomic mass is 10.1. The molecule has 0 aliphatic heterocycles. The SMILES string of the molecule is CNc1nc(-c2ccccc2[N+](=O)[O-])nc2ccccc12. The van der Waals surface area contributed by atoms with Gasteiger partial charge in [-0.05, 0) is 18.2 Å². The minimum atomic E-state index is -0.424. The molecule has 1 aromatic heterocycles. The van der Waals surface area contributed by atoms with E-state index < -0.39 is 4.92 Å². The molecule has 0 spiro atoms. The van der Waals surface area contributed by atoms with E-state index in [-0.39, 0.29) is 5.69 Å². The van der Waals surface area contributed by atoms with Crippen LogP contribution in [0.2, 0.25) is 0 Å². The predicted octanol–water partition coefficient (Wildman–Crippen LogP) is 3.25. The van der Waals surface area contributed by atoms with Gasteiger partial charge < -0.3 is 5.32 Å². The predicted molar refractivity (Wildman–Crippen MR) is 81.2 cm³/mol. The molecule has 0 saturated heterocycles. The van der Waals surface area contributed by atoms with E-state index in [1.54, 1.807) is 25.2 Å². The van der Waals surface area contributed by atoms with Crippen LogP contribution in [0.25, 0.3) is 22.3 Å². The average molecular weight is 280 g/mol. The van der Waals surface area contributed by atoms with Gasteiger partial charge in [0.25, 0.3) is 5.69 Å². The number of para-hydroxylation sites is 2. The van der Waals surface area contributed by atoms with Crippen LogP contribution in [-0.2, 0) is 0 Å². The number of nitro groups is 1. The van der Waals surface area contributed by atoms with E-state index in [0.29, 0.717) is 17.2 Å². The maximum Gasteiger partial charge on any atom is 0.280 e. The normalized spacial score (nSPS) is 10.5. The third-order valence-corrected chi connectivity index (χ3v) is 3.18. The summed E-state index contributed by atoms with van der Waals surface area (Å²) in [5, 5.41) is 15.0. The van der Waals surface area contributed by atoms with Gasteiger partial charge in [-0.2, -0.15) is 0 Å². The number of hydrogen-bond donors (Lipinski definition) is 1. The Balaban J connectivity index is 2.29. The lowest BCUT2D eigenvalue weighted by Gasteiger charge is -2.08. The first-order valence-electron chi connectivity index (χ1n) is 6.39. The number of anilines is 1. The Kier molecular flexibility index (Phi) is 3.19. The number of hydrogen-bond acceptors (Lipinski definition) is 5. The van der Waals surface area contributed by atoms with Crippen LogP contribution >= 0.6 is 0 Å². The number of nitrogens with zero attached hydrogens (tertiary/aromatic N) is 3. The third kappa shape index (κ3) is 2.27. The molecule has 0 radical (unpaired) electrons. The van der Waals surface area contributed by atoms with E-state index in [9.17, 15) is 10.1 Å². The largest absolute Gasteiger partial charge is 0.373 e. The molecule has 3 rings (SSSR count). The number of benzene rings is 2. The molecule has 2 aromatic carbocycles. The smallest absolute Gasteiger partial charge is 0.280 e. The number of aromatic nitrogens is 2. The van der Waals surface area contributed by atoms with Crippen molar-refractivity contribution in [1.29, 1.82) is 0 Å². The van der Waals surface area contributed by atoms with Crippen LogP contribution in [0.3, 0.4) is 0 Å². The molecule has 0 aliphatic rings. The fraction of sp³-hybridized carbons (Fsp3) is 0.0667. The lowest BCUT2D eigenvalue weighted by Crippen LogP contribution is -2.00. The van der Waals surface area contributed by atoms with Crippen LogP contribution in [0.4, 0.5) is 11.5 Å². The maximum atomic E-state index is 11.1. The second-order valence-corrected chi connectivity index (χ2v) is 4.44. The summed E-state index contributed by atoms with van der Waals surface area (Å²) >= 11 is 0. The molecular weight excluding hydrogens is 268 g/mol. The van der Waals surface area contributed by atoms with Crippen LogP contribution < -0.4 is 5.32 Å². The maximum absolute atomic E-state index is 11.1. The molecule has 21 heavy (non-hydrogen) atoms. The summed E-state index contributed by atoms with van der Waals surface area (Å²) in [6.45, 7) is 0. The highest BCUT2D eigenvalue weighted by Gasteiger charge is 2.18. The molecule has 0 saturated carbocycles. The van der Waals surface area contributed by atoms with Crippen LogP contribution in [-0.4, -0.2) is 21.9 Å². The zero-order valence-corrected chi connectivity index (χ0v) is 11.3. The molecule has 0 bridgehead atoms. The van der Waals surface area contributed by atoms with Crippen LogP contribution in [0.5, 0.6) is 0 Å². The average Bonchev–Trinajstić information content (AvgIpc) is 2.53. The van der Waals surface area contributed by atoms with Gasteiger partial charge in [0.05, 0.1) is 16.0 Å². The van der Waals surface area contributed by atoms with Crippen molar-refractivity contribution in [1.82, 2.24) is 9.97 Å². The topological polar surface area (TPSA) is 81.0 Å². The van der Waals surface area contributed by atoms with E-state index in [2.05, 4.69) is 15.3 Å². The Labute approximate surface area is 120 Å². The van der Waals surface area contributed by atoms with Crippen molar-refractivity contribution >= 4 is 22.4 Å². The van der Waals surface area contributed by atoms with Gasteiger partial charge in [-0.1, -0.05) is 24.3 Å². The minimum absolute atomic E-state index is 0.00478. The second kappa shape index (κ2) is 5.16. The third-order valence-electron chi connectivity index (χ3n) is 3.18. The Morgan fingerprint density at radius 2 is 1.76 bits per heavy atom. The zero-order chi connectivity index (χ0) is 14.8. The Morgan fingerprint density at radius 3 is 2.52 bits per heavy atom. The molecule has 6 nitrogen and oxygen atoms in total. The quantitative estimate of drug-likeness (QED) is 0.588. The van der Waals surface area contributed by atoms with Gasteiger partial charge in [0.2, 0.25) is 0 Å². The summed E-state index contributed by atoms with van der Waals surface area (Å²) in [5.41, 5.74) is 1.14. The Hall–Kier alpha value is -3.02. The number of rotatable bonds is 3. The Bertz CT molecular complexity index is 833. The van der Waals surface area contributed by atoms with Crippen molar-refractivity contribution in [3.8, 4) is 11.4 Å². The highest BCUT2D eigenvalue weighted by atomic mass is 16.6. The summed E-state index contributed by atoms with van der Waals surface area (Å²) in [4.78, 5) is 19.6. The molecule has 0 amide bonds. The van der Waals surface area contributed by atoms with Gasteiger partial charge in [-0.25, -0.2) is 9.97 Å². The first kappa shape index (κ1) is 13.0. The number of nitrogens with one attached hydrogen (secondary N) is 1. The van der Waals surface area contributed by atoms with Crippen LogP contribution in [0.15, 0.2) is 48.5 Å². The first-order chi connectivity index (χ1) is 10.2. The van der Waals surface area contributed by atoms with Crippen molar-refractivity contribution in [2.45, 2.75) is 0 Å². The molecule has 0 fully saturated rings. The van der Waals surface area contributed by atoms with Crippen molar-refractivity contribution in [3.05, 3.63) is 58.6 Å². The van der Waals surface area contributed by atoms with Crippen molar-refractivity contribution in [3.63, 3.8) is 0 Å². The first-order valence-corrected chi connectivity index (χ1v) is 6.39. The van der Waals surface area contributed by atoms with E-state index in [4.69, 9.17) is 0 Å². The van der Waals surface area contributed by atoms with E-state index in [0.717, 1.165) is 10.9 Å². The van der Waals surface area contributed by atoms with E-state index in [1.165, 1.54) is 6.07 Å². The standard InChI is InChI=1S/C15H12N4O2/c1-16-14-10-6-2-4-8-12(10)17-15(18-14)11-7-3-5-9-13(11)19(20)21/h2-9H,1H3,(H,16,17,18). The fourth-order valence-corrected chi connectivity index (χ4v) is 2.21. The summed E-state index contributed by atoms with van der Waals surface area (Å²) < 4.78 is 0. The van der Waals surface area contributed by atoms with Gasteiger partial charge in [-0.3, -0.25) is 10.1 Å². The van der Waals surface area contributed by atoms with Crippen molar-refractivity contribution in [2.24, 2.45) is 0 Å². The van der Waals surface area contributed by atoms with Crippen molar-refractivity contribution < 1.29 is 4.92 Å². The lowest BCUT2D eigenvalue weighted by molar-refractivity contribution is -0.384. The Morgan fingerprint density at radius 1 is 1.05 bits per heavy atom. The highest BCUT2D eigenvalue weighted by Crippen LogP contribution is 2.30. The number of fused-ring (bicyclic) bond motifs is 1. The van der Waals surface area contributed by atoms with Gasteiger partial charge in [0.15, 0.2) is 5.82 Å². The van der Waals surface area contributed by atoms with Gasteiger partial charge in [0, 0.05) is 18.5 Å². The zero-order valence-electron chi connectivity index (χ0n) is 11.3. The second-order valence-electron chi connectivity index (χ2n) is 4.44. The van der Waals surface area contributed by atoms with Crippen LogP contribution in [0.1, 0.15) is 0 Å². The van der Waals surface area contributed by atoms with Crippen molar-refractivity contribution in [2.75, 3.05) is 12.4 Å². The summed E-state index contributed by atoms with van der Waals surface area (Å²) in [7, 11) is 1.76. The van der Waals surface area contributed by atoms with Gasteiger partial charge in [-0.15, -0.1) is 0 Å². The molecule has 0 atom stereocenters. The van der Waals surface area contributed by atoms with Gasteiger partial charge >= 0.3 is 0 Å². The molecule has 1 heterocycles. The highest BCUT2D eigenvalue weighted by molar-refractivity contribution is 5.91.